The average Bonchev–Trinajstić information content (AvgIpc) is 2.68. The number of hydrogen-bond acceptors (Lipinski definition) is 5. The van der Waals surface area contributed by atoms with Gasteiger partial charge >= 0.3 is 0 Å². The first-order chi connectivity index (χ1) is 13.3. The molecule has 10 heteroatoms. The zero-order valence-corrected chi connectivity index (χ0v) is 15.3. The van der Waals surface area contributed by atoms with Gasteiger partial charge in [-0.1, -0.05) is 0 Å². The molecule has 1 aromatic carbocycles. The molecule has 1 aliphatic rings. The van der Waals surface area contributed by atoms with Crippen LogP contribution in [0.1, 0.15) is 23.1 Å². The SMILES string of the molecule is CC(=O)N1CCN(c2nc(C)cc(C(=O)Nc3ccc(F)c(F)c3F)n2)CC1. The lowest BCUT2D eigenvalue weighted by Crippen LogP contribution is -2.48. The van der Waals surface area contributed by atoms with Gasteiger partial charge in [-0.2, -0.15) is 0 Å². The molecule has 28 heavy (non-hydrogen) atoms. The number of nitrogens with one attached hydrogen (secondary N) is 1. The maximum atomic E-state index is 13.8. The van der Waals surface area contributed by atoms with E-state index in [0.29, 0.717) is 37.8 Å². The number of hydrogen-bond donors (Lipinski definition) is 1. The van der Waals surface area contributed by atoms with Crippen LogP contribution in [0.3, 0.4) is 0 Å². The fourth-order valence-corrected chi connectivity index (χ4v) is 2.84. The summed E-state index contributed by atoms with van der Waals surface area (Å²) < 4.78 is 40.2. The van der Waals surface area contributed by atoms with Crippen LogP contribution >= 0.6 is 0 Å². The smallest absolute Gasteiger partial charge is 0.274 e. The second kappa shape index (κ2) is 7.83. The molecule has 3 rings (SSSR count). The summed E-state index contributed by atoms with van der Waals surface area (Å²) in [7, 11) is 0. The molecular formula is C18H18F3N5O2. The summed E-state index contributed by atoms with van der Waals surface area (Å²) in [6, 6.07) is 3.06. The Labute approximate surface area is 159 Å². The van der Waals surface area contributed by atoms with E-state index in [-0.39, 0.29) is 11.6 Å². The lowest BCUT2D eigenvalue weighted by Gasteiger charge is -2.34. The average molecular weight is 393 g/mol. The van der Waals surface area contributed by atoms with Gasteiger partial charge in [0, 0.05) is 38.8 Å². The van der Waals surface area contributed by atoms with Crippen LogP contribution in [0.15, 0.2) is 18.2 Å². The number of aromatic nitrogens is 2. The standard InChI is InChI=1S/C18H18F3N5O2/c1-10-9-14(17(28)23-13-4-3-12(19)15(20)16(13)21)24-18(22-10)26-7-5-25(6-8-26)11(2)27/h3-4,9H,5-8H2,1-2H3,(H,23,28). The van der Waals surface area contributed by atoms with E-state index in [9.17, 15) is 22.8 Å². The van der Waals surface area contributed by atoms with Crippen molar-refractivity contribution in [1.82, 2.24) is 14.9 Å². The molecule has 2 aromatic rings. The Morgan fingerprint density at radius 3 is 2.36 bits per heavy atom. The van der Waals surface area contributed by atoms with Crippen LogP contribution in [-0.2, 0) is 4.79 Å². The monoisotopic (exact) mass is 393 g/mol. The number of carbonyl (C=O) groups is 2. The molecule has 148 valence electrons. The van der Waals surface area contributed by atoms with Crippen molar-refractivity contribution in [3.05, 3.63) is 47.0 Å². The molecule has 1 fully saturated rings. The molecule has 1 aromatic heterocycles. The Hall–Kier alpha value is -3.17. The number of anilines is 2. The van der Waals surface area contributed by atoms with Crippen molar-refractivity contribution in [2.75, 3.05) is 36.4 Å². The summed E-state index contributed by atoms with van der Waals surface area (Å²) in [5.41, 5.74) is -0.0210. The zero-order valence-electron chi connectivity index (χ0n) is 15.3. The van der Waals surface area contributed by atoms with Crippen molar-refractivity contribution in [3.8, 4) is 0 Å². The number of carbonyl (C=O) groups excluding carboxylic acids is 2. The van der Waals surface area contributed by atoms with Crippen molar-refractivity contribution >= 4 is 23.5 Å². The van der Waals surface area contributed by atoms with Crippen LogP contribution < -0.4 is 10.2 Å². The number of piperazine rings is 1. The third-order valence-corrected chi connectivity index (χ3v) is 4.37. The third-order valence-electron chi connectivity index (χ3n) is 4.37. The van der Waals surface area contributed by atoms with Gasteiger partial charge in [0.1, 0.15) is 5.69 Å². The first-order valence-electron chi connectivity index (χ1n) is 8.57. The number of amides is 2. The van der Waals surface area contributed by atoms with Gasteiger partial charge in [-0.3, -0.25) is 9.59 Å². The minimum absolute atomic E-state index is 0.0153. The van der Waals surface area contributed by atoms with Gasteiger partial charge in [0.2, 0.25) is 11.9 Å². The van der Waals surface area contributed by atoms with Gasteiger partial charge in [0.05, 0.1) is 5.69 Å². The van der Waals surface area contributed by atoms with Crippen molar-refractivity contribution in [3.63, 3.8) is 0 Å². The van der Waals surface area contributed by atoms with Crippen LogP contribution in [0.25, 0.3) is 0 Å². The van der Waals surface area contributed by atoms with Crippen LogP contribution in [-0.4, -0.2) is 52.9 Å². The van der Waals surface area contributed by atoms with E-state index < -0.39 is 29.0 Å². The van der Waals surface area contributed by atoms with Crippen LogP contribution in [0.2, 0.25) is 0 Å². The van der Waals surface area contributed by atoms with E-state index >= 15 is 0 Å². The maximum absolute atomic E-state index is 13.8. The summed E-state index contributed by atoms with van der Waals surface area (Å²) >= 11 is 0. The van der Waals surface area contributed by atoms with Crippen molar-refractivity contribution in [2.45, 2.75) is 13.8 Å². The Kier molecular flexibility index (Phi) is 5.48. The highest BCUT2D eigenvalue weighted by molar-refractivity contribution is 6.03. The van der Waals surface area contributed by atoms with Crippen molar-refractivity contribution in [1.29, 1.82) is 0 Å². The maximum Gasteiger partial charge on any atom is 0.274 e. The van der Waals surface area contributed by atoms with Crippen molar-refractivity contribution in [2.24, 2.45) is 0 Å². The molecule has 0 radical (unpaired) electrons. The van der Waals surface area contributed by atoms with Crippen molar-refractivity contribution < 1.29 is 22.8 Å². The lowest BCUT2D eigenvalue weighted by molar-refractivity contribution is -0.129. The molecule has 0 unspecified atom stereocenters. The molecule has 0 spiro atoms. The van der Waals surface area contributed by atoms with Gasteiger partial charge in [0.25, 0.3) is 5.91 Å². The molecule has 1 N–H and O–H groups in total. The van der Waals surface area contributed by atoms with Gasteiger partial charge < -0.3 is 15.1 Å². The summed E-state index contributed by atoms with van der Waals surface area (Å²) in [6.45, 7) is 5.19. The largest absolute Gasteiger partial charge is 0.339 e. The van der Waals surface area contributed by atoms with Gasteiger partial charge in [0.15, 0.2) is 17.5 Å². The third kappa shape index (κ3) is 4.05. The Bertz CT molecular complexity index is 930. The van der Waals surface area contributed by atoms with Crippen LogP contribution in [0.4, 0.5) is 24.8 Å². The van der Waals surface area contributed by atoms with Gasteiger partial charge in [-0.15, -0.1) is 0 Å². The molecule has 2 amide bonds. The van der Waals surface area contributed by atoms with E-state index in [1.165, 1.54) is 13.0 Å². The molecule has 2 heterocycles. The van der Waals surface area contributed by atoms with E-state index in [1.807, 2.05) is 4.90 Å². The predicted molar refractivity (Wildman–Crippen MR) is 95.5 cm³/mol. The lowest BCUT2D eigenvalue weighted by atomic mass is 10.2. The van der Waals surface area contributed by atoms with E-state index in [2.05, 4.69) is 15.3 Å². The molecule has 1 aliphatic heterocycles. The molecular weight excluding hydrogens is 375 g/mol. The number of halogens is 3. The fraction of sp³-hybridized carbons (Fsp3) is 0.333. The van der Waals surface area contributed by atoms with Crippen LogP contribution in [0, 0.1) is 24.4 Å². The molecule has 0 atom stereocenters. The highest BCUT2D eigenvalue weighted by atomic mass is 19.2. The molecule has 0 aliphatic carbocycles. The Morgan fingerprint density at radius 2 is 1.71 bits per heavy atom. The van der Waals surface area contributed by atoms with Gasteiger partial charge in [-0.05, 0) is 25.1 Å². The Balaban J connectivity index is 1.79. The predicted octanol–water partition coefficient (Wildman–Crippen LogP) is 2.12. The summed E-state index contributed by atoms with van der Waals surface area (Å²) in [6.07, 6.45) is 0. The van der Waals surface area contributed by atoms with Crippen LogP contribution in [0.5, 0.6) is 0 Å². The van der Waals surface area contributed by atoms with Gasteiger partial charge in [-0.25, -0.2) is 23.1 Å². The second-order valence-corrected chi connectivity index (χ2v) is 6.36. The topological polar surface area (TPSA) is 78.4 Å². The first kappa shape index (κ1) is 19.6. The van der Waals surface area contributed by atoms with E-state index in [1.54, 1.807) is 11.8 Å². The summed E-state index contributed by atoms with van der Waals surface area (Å²) in [4.78, 5) is 35.9. The van der Waals surface area contributed by atoms with E-state index in [0.717, 1.165) is 12.1 Å². The summed E-state index contributed by atoms with van der Waals surface area (Å²) in [5.74, 6) is -4.99. The molecule has 0 bridgehead atoms. The Morgan fingerprint density at radius 1 is 1.04 bits per heavy atom. The zero-order chi connectivity index (χ0) is 20.4. The van der Waals surface area contributed by atoms with E-state index in [4.69, 9.17) is 0 Å². The first-order valence-corrected chi connectivity index (χ1v) is 8.57. The fourth-order valence-electron chi connectivity index (χ4n) is 2.84. The minimum Gasteiger partial charge on any atom is -0.339 e. The minimum atomic E-state index is -1.67. The number of benzene rings is 1. The number of aryl methyl sites for hydroxylation is 1. The highest BCUT2D eigenvalue weighted by Crippen LogP contribution is 2.21. The number of rotatable bonds is 3. The normalized spacial score (nSPS) is 14.2. The second-order valence-electron chi connectivity index (χ2n) is 6.36. The molecule has 0 saturated carbocycles. The molecule has 1 saturated heterocycles. The molecule has 7 nitrogen and oxygen atoms in total. The highest BCUT2D eigenvalue weighted by Gasteiger charge is 2.22. The number of nitrogens with zero attached hydrogens (tertiary/aromatic N) is 4. The quantitative estimate of drug-likeness (QED) is 0.809. The summed E-state index contributed by atoms with van der Waals surface area (Å²) in [5, 5.41) is 2.19.